The number of carbonyl (C=O) groups is 1. The topological polar surface area (TPSA) is 54.6 Å². The molecule has 1 aromatic carbocycles. The van der Waals surface area contributed by atoms with E-state index >= 15 is 0 Å². The van der Waals surface area contributed by atoms with Crippen LogP contribution < -0.4 is 5.32 Å². The number of aromatic nitrogens is 3. The van der Waals surface area contributed by atoms with Crippen LogP contribution in [0.1, 0.15) is 28.3 Å². The predicted octanol–water partition coefficient (Wildman–Crippen LogP) is 1.89. The minimum Gasteiger partial charge on any atom is -0.351 e. The van der Waals surface area contributed by atoms with Crippen LogP contribution >= 0.6 is 0 Å². The van der Waals surface area contributed by atoms with Crippen LogP contribution in [0.2, 0.25) is 0 Å². The molecule has 3 heterocycles. The fourth-order valence-corrected chi connectivity index (χ4v) is 3.67. The number of benzene rings is 1. The lowest BCUT2D eigenvalue weighted by molar-refractivity contribution is 0.0951. The highest BCUT2D eigenvalue weighted by molar-refractivity contribution is 5.99. The molecule has 0 spiro atoms. The van der Waals surface area contributed by atoms with Gasteiger partial charge in [-0.15, -0.1) is 0 Å². The lowest BCUT2D eigenvalue weighted by Gasteiger charge is -2.16. The van der Waals surface area contributed by atoms with Gasteiger partial charge < -0.3 is 14.8 Å². The summed E-state index contributed by atoms with van der Waals surface area (Å²) in [6.45, 7) is 3.69. The molecule has 4 rings (SSSR count). The Morgan fingerprint density at radius 3 is 2.96 bits per heavy atom. The van der Waals surface area contributed by atoms with Gasteiger partial charge in [-0.05, 0) is 24.4 Å². The Labute approximate surface area is 147 Å². The molecule has 0 saturated carbocycles. The summed E-state index contributed by atoms with van der Waals surface area (Å²) in [5.74, 6) is 0.547. The highest BCUT2D eigenvalue weighted by Crippen LogP contribution is 2.26. The standard InChI is InChI=1S/C19H23N5O/c1-22-11-12-24-19(22)17(13-21-24)18(25)20-8-10-23-9-7-16(14-23)15-5-3-2-4-6-15/h2-6,11-13,16H,7-10,14H2,1H3,(H,20,25)/t16-/m1/s1. The van der Waals surface area contributed by atoms with Crippen LogP contribution in [0, 0.1) is 0 Å². The van der Waals surface area contributed by atoms with Crippen molar-refractivity contribution in [3.05, 3.63) is 60.0 Å². The first-order chi connectivity index (χ1) is 12.2. The molecule has 0 radical (unpaired) electrons. The highest BCUT2D eigenvalue weighted by Gasteiger charge is 2.23. The lowest BCUT2D eigenvalue weighted by atomic mass is 9.99. The molecule has 0 bridgehead atoms. The third-order valence-electron chi connectivity index (χ3n) is 5.04. The number of aryl methyl sites for hydroxylation is 1. The number of hydrogen-bond acceptors (Lipinski definition) is 3. The van der Waals surface area contributed by atoms with Gasteiger partial charge in [0.05, 0.1) is 6.20 Å². The van der Waals surface area contributed by atoms with Crippen molar-refractivity contribution < 1.29 is 4.79 Å². The molecule has 1 atom stereocenters. The molecular formula is C19H23N5O. The van der Waals surface area contributed by atoms with E-state index in [-0.39, 0.29) is 5.91 Å². The largest absolute Gasteiger partial charge is 0.351 e. The molecule has 25 heavy (non-hydrogen) atoms. The summed E-state index contributed by atoms with van der Waals surface area (Å²) in [5.41, 5.74) is 2.86. The van der Waals surface area contributed by atoms with Crippen LogP contribution in [0.15, 0.2) is 48.9 Å². The number of fused-ring (bicyclic) bond motifs is 1. The normalized spacial score (nSPS) is 18.0. The first-order valence-corrected chi connectivity index (χ1v) is 8.76. The van der Waals surface area contributed by atoms with Crippen molar-refractivity contribution in [2.75, 3.05) is 26.2 Å². The number of imidazole rings is 1. The summed E-state index contributed by atoms with van der Waals surface area (Å²) >= 11 is 0. The molecule has 1 aliphatic rings. The number of carbonyl (C=O) groups excluding carboxylic acids is 1. The van der Waals surface area contributed by atoms with E-state index in [1.165, 1.54) is 12.0 Å². The summed E-state index contributed by atoms with van der Waals surface area (Å²) in [6.07, 6.45) is 6.56. The van der Waals surface area contributed by atoms with Gasteiger partial charge in [-0.1, -0.05) is 30.3 Å². The Bertz CT molecular complexity index is 866. The Balaban J connectivity index is 1.30. The van der Waals surface area contributed by atoms with Gasteiger partial charge in [0.2, 0.25) is 0 Å². The van der Waals surface area contributed by atoms with Crippen LogP contribution in [0.4, 0.5) is 0 Å². The van der Waals surface area contributed by atoms with Crippen LogP contribution in [0.3, 0.4) is 0 Å². The molecule has 3 aromatic rings. The minimum absolute atomic E-state index is 0.0596. The number of nitrogens with one attached hydrogen (secondary N) is 1. The van der Waals surface area contributed by atoms with Gasteiger partial charge in [0, 0.05) is 39.1 Å². The summed E-state index contributed by atoms with van der Waals surface area (Å²) in [5, 5.41) is 7.24. The summed E-state index contributed by atoms with van der Waals surface area (Å²) in [7, 11) is 1.92. The maximum absolute atomic E-state index is 12.4. The van der Waals surface area contributed by atoms with Crippen LogP contribution in [-0.2, 0) is 7.05 Å². The van der Waals surface area contributed by atoms with Crippen molar-refractivity contribution in [2.24, 2.45) is 7.05 Å². The van der Waals surface area contributed by atoms with Gasteiger partial charge in [0.15, 0.2) is 0 Å². The van der Waals surface area contributed by atoms with Gasteiger partial charge in [-0.2, -0.15) is 5.10 Å². The Hall–Kier alpha value is -2.60. The second-order valence-corrected chi connectivity index (χ2v) is 6.69. The zero-order valence-electron chi connectivity index (χ0n) is 14.4. The van der Waals surface area contributed by atoms with Gasteiger partial charge in [0.25, 0.3) is 5.91 Å². The molecule has 6 nitrogen and oxygen atoms in total. The molecule has 6 heteroatoms. The number of amides is 1. The zero-order chi connectivity index (χ0) is 17.2. The third-order valence-corrected chi connectivity index (χ3v) is 5.04. The first-order valence-electron chi connectivity index (χ1n) is 8.76. The predicted molar refractivity (Wildman–Crippen MR) is 96.7 cm³/mol. The van der Waals surface area contributed by atoms with E-state index in [2.05, 4.69) is 45.6 Å². The van der Waals surface area contributed by atoms with E-state index in [9.17, 15) is 4.79 Å². The molecule has 130 valence electrons. The highest BCUT2D eigenvalue weighted by atomic mass is 16.1. The van der Waals surface area contributed by atoms with Gasteiger partial charge >= 0.3 is 0 Å². The average molecular weight is 337 g/mol. The molecular weight excluding hydrogens is 314 g/mol. The smallest absolute Gasteiger partial charge is 0.256 e. The van der Waals surface area contributed by atoms with Gasteiger partial charge in [-0.25, -0.2) is 4.52 Å². The molecule has 1 aliphatic heterocycles. The Kier molecular flexibility index (Phi) is 4.28. The van der Waals surface area contributed by atoms with Crippen molar-refractivity contribution in [1.82, 2.24) is 24.4 Å². The quantitative estimate of drug-likeness (QED) is 0.774. The fraction of sp³-hybridized carbons (Fsp3) is 0.368. The van der Waals surface area contributed by atoms with Crippen LogP contribution in [0.5, 0.6) is 0 Å². The van der Waals surface area contributed by atoms with E-state index in [1.54, 1.807) is 10.7 Å². The van der Waals surface area contributed by atoms with E-state index in [1.807, 2.05) is 24.0 Å². The van der Waals surface area contributed by atoms with Crippen molar-refractivity contribution >= 4 is 11.6 Å². The SMILES string of the molecule is Cn1ccn2ncc(C(=O)NCCN3CC[C@@H](c4ccccc4)C3)c12. The van der Waals surface area contributed by atoms with E-state index < -0.39 is 0 Å². The molecule has 0 unspecified atom stereocenters. The fourth-order valence-electron chi connectivity index (χ4n) is 3.67. The summed E-state index contributed by atoms with van der Waals surface area (Å²) < 4.78 is 3.63. The van der Waals surface area contributed by atoms with Crippen LogP contribution in [0.25, 0.3) is 5.65 Å². The Morgan fingerprint density at radius 1 is 1.28 bits per heavy atom. The maximum Gasteiger partial charge on any atom is 0.256 e. The van der Waals surface area contributed by atoms with E-state index in [4.69, 9.17) is 0 Å². The molecule has 0 aliphatic carbocycles. The molecule has 1 saturated heterocycles. The second kappa shape index (κ2) is 6.72. The number of rotatable bonds is 5. The van der Waals surface area contributed by atoms with Crippen molar-refractivity contribution in [3.63, 3.8) is 0 Å². The van der Waals surface area contributed by atoms with E-state index in [0.717, 1.165) is 25.3 Å². The second-order valence-electron chi connectivity index (χ2n) is 6.69. The molecule has 1 N–H and O–H groups in total. The lowest BCUT2D eigenvalue weighted by Crippen LogP contribution is -2.33. The molecule has 2 aromatic heterocycles. The molecule has 1 fully saturated rings. The Morgan fingerprint density at radius 2 is 2.12 bits per heavy atom. The third kappa shape index (κ3) is 3.17. The van der Waals surface area contributed by atoms with Gasteiger partial charge in [0.1, 0.15) is 11.2 Å². The van der Waals surface area contributed by atoms with Gasteiger partial charge in [-0.3, -0.25) is 4.79 Å². The monoisotopic (exact) mass is 337 g/mol. The number of hydrogen-bond donors (Lipinski definition) is 1. The zero-order valence-corrected chi connectivity index (χ0v) is 14.4. The van der Waals surface area contributed by atoms with Crippen molar-refractivity contribution in [3.8, 4) is 0 Å². The summed E-state index contributed by atoms with van der Waals surface area (Å²) in [6, 6.07) is 10.7. The van der Waals surface area contributed by atoms with Crippen LogP contribution in [-0.4, -0.2) is 51.2 Å². The minimum atomic E-state index is -0.0596. The molecule has 1 amide bonds. The van der Waals surface area contributed by atoms with Crippen molar-refractivity contribution in [1.29, 1.82) is 0 Å². The summed E-state index contributed by atoms with van der Waals surface area (Å²) in [4.78, 5) is 14.9. The average Bonchev–Trinajstić information content (AvgIpc) is 3.34. The van der Waals surface area contributed by atoms with E-state index in [0.29, 0.717) is 18.0 Å². The number of likely N-dealkylation sites (tertiary alicyclic amines) is 1. The number of nitrogens with zero attached hydrogens (tertiary/aromatic N) is 4. The maximum atomic E-state index is 12.4. The first kappa shape index (κ1) is 15.9. The van der Waals surface area contributed by atoms with Crippen molar-refractivity contribution in [2.45, 2.75) is 12.3 Å².